The van der Waals surface area contributed by atoms with Crippen LogP contribution in [-0.4, -0.2) is 220 Å². The van der Waals surface area contributed by atoms with Gasteiger partial charge in [-0.2, -0.15) is 0 Å². The number of aromatic nitrogens is 1. The minimum atomic E-state index is -5.60. The van der Waals surface area contributed by atoms with Crippen molar-refractivity contribution < 1.29 is 140 Å². The fraction of sp³-hybridized carbons (Fsp3) is 0.482. The topological polar surface area (TPSA) is 513 Å². The van der Waals surface area contributed by atoms with Gasteiger partial charge in [0.15, 0.2) is 23.5 Å². The summed E-state index contributed by atoms with van der Waals surface area (Å²) < 4.78 is 49.9. The minimum absolute atomic E-state index is 0. The number of aromatic hydroxyl groups is 1. The molecule has 4 aromatic rings. The van der Waals surface area contributed by atoms with Gasteiger partial charge in [-0.15, -0.1) is 0 Å². The van der Waals surface area contributed by atoms with Gasteiger partial charge in [0.2, 0.25) is 41.4 Å². The first-order chi connectivity index (χ1) is 42.0. The molecule has 3 saturated heterocycles. The molecule has 0 unspecified atom stereocenters. The van der Waals surface area contributed by atoms with Gasteiger partial charge in [0.25, 0.3) is 16.3 Å². The Hall–Kier alpha value is -7.38. The number of fused-ring (bicyclic) bond motifs is 2. The number of primary amides is 1. The first-order valence-corrected chi connectivity index (χ1v) is 29.4. The molecular weight excluding hydrogens is 1220 g/mol. The molecule has 7 rings (SSSR count). The van der Waals surface area contributed by atoms with Crippen LogP contribution in [0.5, 0.6) is 17.2 Å². The molecule has 8 amide bonds. The number of benzene rings is 3. The van der Waals surface area contributed by atoms with E-state index in [1.54, 1.807) is 30.3 Å². The fourth-order valence-electron chi connectivity index (χ4n) is 10.3. The van der Waals surface area contributed by atoms with Crippen molar-refractivity contribution in [1.82, 2.24) is 41.5 Å². The third kappa shape index (κ3) is 17.8. The molecule has 1 aromatic heterocycles. The van der Waals surface area contributed by atoms with Gasteiger partial charge in [0.1, 0.15) is 66.0 Å². The van der Waals surface area contributed by atoms with E-state index in [4.69, 9.17) is 15.0 Å². The van der Waals surface area contributed by atoms with Crippen LogP contribution in [0.25, 0.3) is 22.6 Å². The number of hydrogen-bond acceptors (Lipinski definition) is 24. The summed E-state index contributed by atoms with van der Waals surface area (Å²) in [4.78, 5) is 115. The minimum Gasteiger partial charge on any atom is -0.716 e. The van der Waals surface area contributed by atoms with Crippen LogP contribution >= 0.6 is 0 Å². The molecule has 0 saturated carbocycles. The van der Waals surface area contributed by atoms with Gasteiger partial charge in [0.05, 0.1) is 37.4 Å². The second-order valence-corrected chi connectivity index (χ2v) is 22.9. The molecule has 0 spiro atoms. The second-order valence-electron chi connectivity index (χ2n) is 21.9. The van der Waals surface area contributed by atoms with Crippen LogP contribution in [0.15, 0.2) is 77.3 Å². The SMILES string of the molecule is CCCCCOc1ccc(-c2cc(-c3ccc(C(=O)N[C@H]4C[C@@H](O)[C@@H](O)NC(=O)[C@@H]5[C@@H](O)[C@@H](C)CN5C(=O)[C@H]([C@H](O)CC(N)=O)NC(=O)[C@H]([C@H](O)[C@@H](O)c5ccc(O)c(OS(=O)(=O)[O-])c5)NC(=O)[C@@H]5C[C@@H](O)CN5C(=O)[C@H]([C@@H](C)O)NC4=O)cc3)on2)cc1.[Na+]. The Bertz CT molecular complexity index is 3340. The Morgan fingerprint density at radius 1 is 0.800 bits per heavy atom. The van der Waals surface area contributed by atoms with Crippen molar-refractivity contribution in [2.24, 2.45) is 11.7 Å². The van der Waals surface area contributed by atoms with Crippen LogP contribution in [0.2, 0.25) is 0 Å². The Labute approximate surface area is 536 Å². The number of unbranched alkanes of at least 4 members (excludes halogenated alkanes) is 2. The molecule has 3 aromatic carbocycles. The summed E-state index contributed by atoms with van der Waals surface area (Å²) >= 11 is 0. The van der Waals surface area contributed by atoms with Gasteiger partial charge in [-0.25, -0.2) is 8.42 Å². The average molecular weight is 1290 g/mol. The third-order valence-electron chi connectivity index (χ3n) is 15.2. The Balaban J connectivity index is 0.0000129. The van der Waals surface area contributed by atoms with Gasteiger partial charge < -0.3 is 106 Å². The predicted molar refractivity (Wildman–Crippen MR) is 302 cm³/mol. The molecule has 16 N–H and O–H groups in total. The van der Waals surface area contributed by atoms with Crippen molar-refractivity contribution in [3.05, 3.63) is 83.9 Å². The van der Waals surface area contributed by atoms with E-state index in [2.05, 4.69) is 32.2 Å². The van der Waals surface area contributed by atoms with E-state index in [0.717, 1.165) is 32.3 Å². The number of nitrogens with one attached hydrogen (secondary N) is 5. The summed E-state index contributed by atoms with van der Waals surface area (Å²) in [6.45, 7) is 3.72. The molecule has 3 aliphatic rings. The number of aliphatic hydroxyl groups is 8. The first-order valence-electron chi connectivity index (χ1n) is 28.1. The van der Waals surface area contributed by atoms with Crippen LogP contribution in [0.4, 0.5) is 0 Å². The summed E-state index contributed by atoms with van der Waals surface area (Å²) in [5.74, 6) is -13.2. The molecule has 0 bridgehead atoms. The molecule has 32 nitrogen and oxygen atoms in total. The van der Waals surface area contributed by atoms with Crippen LogP contribution in [-0.2, 0) is 44.0 Å². The van der Waals surface area contributed by atoms with Crippen molar-refractivity contribution in [1.29, 1.82) is 0 Å². The number of nitrogens with zero attached hydrogens (tertiary/aromatic N) is 3. The van der Waals surface area contributed by atoms with E-state index in [1.165, 1.54) is 31.2 Å². The van der Waals surface area contributed by atoms with Gasteiger partial charge in [-0.3, -0.25) is 38.4 Å². The first kappa shape index (κ1) is 71.7. The maximum Gasteiger partial charge on any atom is 1.00 e. The van der Waals surface area contributed by atoms with E-state index < -0.39 is 198 Å². The fourth-order valence-corrected chi connectivity index (χ4v) is 10.7. The third-order valence-corrected chi connectivity index (χ3v) is 15.6. The number of carbonyl (C=O) groups excluding carboxylic acids is 8. The van der Waals surface area contributed by atoms with Crippen molar-refractivity contribution in [2.45, 2.75) is 145 Å². The molecule has 90 heavy (non-hydrogen) atoms. The van der Waals surface area contributed by atoms with Crippen LogP contribution < -0.4 is 70.8 Å². The molecule has 3 aliphatic heterocycles. The van der Waals surface area contributed by atoms with Crippen LogP contribution in [0, 0.1) is 5.92 Å². The molecule has 3 fully saturated rings. The Kier molecular flexibility index (Phi) is 24.8. The van der Waals surface area contributed by atoms with E-state index >= 15 is 0 Å². The zero-order valence-electron chi connectivity index (χ0n) is 49.0. The Morgan fingerprint density at radius 2 is 1.43 bits per heavy atom. The smallest absolute Gasteiger partial charge is 0.716 e. The number of ether oxygens (including phenoxy) is 1. The number of carbonyl (C=O) groups is 8. The summed E-state index contributed by atoms with van der Waals surface area (Å²) in [6, 6.07) is 3.37. The largest absolute Gasteiger partial charge is 1.00 e. The van der Waals surface area contributed by atoms with Gasteiger partial charge in [-0.05, 0) is 67.4 Å². The monoisotopic (exact) mass is 1290 g/mol. The number of phenols is 1. The standard InChI is InChI=1S/C56H71N9O23S.Na/c1-4-5-6-17-86-32-14-11-27(12-15-32)33-21-39(87-63-33)28-7-9-29(10-8-28)49(75)58-34-20-38(70)52(78)62-54(80)45-46(72)25(2)23-65(45)56(82)43(37(69)22-41(57)71)60-53(79)44(48(74)47(73)30-13-16-36(68)40(18-30)88-89(83,84)85)61-51(77)35-19-31(67)24-64(35)55(81)42(26(3)66)59-50(34)76;/h7-16,18,21,25-26,31,34-35,37-38,42-48,52,66-70,72-74,78H,4-6,17,19-20,22-24H2,1-3H3,(H2,57,71)(H,58,75)(H,59,76)(H,60,79)(H,61,77)(H,62,80)(H,83,84,85);/q;+1/p-1/t25-,26+,31+,34-,35-,37+,38+,42-,43-,44-,45-,46-,47-,48-,52+;/m0./s1. The number of nitrogens with two attached hydrogens (primary N) is 1. The van der Waals surface area contributed by atoms with Gasteiger partial charge in [0, 0.05) is 54.6 Å². The van der Waals surface area contributed by atoms with Crippen molar-refractivity contribution >= 4 is 57.7 Å². The second kappa shape index (κ2) is 31.1. The van der Waals surface area contributed by atoms with Crippen molar-refractivity contribution in [3.63, 3.8) is 0 Å². The van der Waals surface area contributed by atoms with Crippen molar-refractivity contribution in [2.75, 3.05) is 19.7 Å². The molecule has 4 heterocycles. The maximum absolute atomic E-state index is 14.7. The number of amides is 8. The number of aliphatic hydroxyl groups excluding tert-OH is 8. The predicted octanol–water partition coefficient (Wildman–Crippen LogP) is -7.24. The summed E-state index contributed by atoms with van der Waals surface area (Å²) in [7, 11) is -5.60. The molecule has 484 valence electrons. The van der Waals surface area contributed by atoms with Crippen LogP contribution in [0.3, 0.4) is 0 Å². The average Bonchev–Trinajstić information content (AvgIpc) is 2.24. The van der Waals surface area contributed by atoms with Crippen LogP contribution in [0.1, 0.15) is 81.3 Å². The summed E-state index contributed by atoms with van der Waals surface area (Å²) in [5, 5.41) is 116. The van der Waals surface area contributed by atoms with Crippen molar-refractivity contribution in [3.8, 4) is 39.8 Å². The number of phenolic OH excluding ortho intramolecular Hbond substituents is 1. The number of hydrogen-bond donors (Lipinski definition) is 15. The van der Waals surface area contributed by atoms with Gasteiger partial charge >= 0.3 is 29.6 Å². The van der Waals surface area contributed by atoms with E-state index in [9.17, 15) is 97.3 Å². The molecule has 15 atom stereocenters. The summed E-state index contributed by atoms with van der Waals surface area (Å²) in [5.41, 5.74) is 6.24. The van der Waals surface area contributed by atoms with Gasteiger partial charge in [-0.1, -0.05) is 50.0 Å². The number of rotatable bonds is 18. The van der Waals surface area contributed by atoms with E-state index in [0.29, 0.717) is 56.9 Å². The normalized spacial score (nSPS) is 26.2. The zero-order chi connectivity index (χ0) is 65.3. The quantitative estimate of drug-likeness (QED) is 0.0190. The van der Waals surface area contributed by atoms with E-state index in [1.807, 2.05) is 10.6 Å². The molecule has 0 aliphatic carbocycles. The Morgan fingerprint density at radius 3 is 2.07 bits per heavy atom. The molecule has 0 radical (unpaired) electrons. The summed E-state index contributed by atoms with van der Waals surface area (Å²) in [6.07, 6.45) is -17.3. The molecule has 34 heteroatoms. The zero-order valence-corrected chi connectivity index (χ0v) is 51.8. The maximum atomic E-state index is 14.7. The molecular formula is C56H70N9NaO23S. The van der Waals surface area contributed by atoms with E-state index in [-0.39, 0.29) is 35.1 Å².